The number of fused-ring (bicyclic) bond motifs is 6. The summed E-state index contributed by atoms with van der Waals surface area (Å²) >= 11 is 0. The highest BCUT2D eigenvalue weighted by Gasteiger charge is 2.22. The van der Waals surface area contributed by atoms with Crippen LogP contribution in [0.25, 0.3) is 88.4 Å². The predicted molar refractivity (Wildman–Crippen MR) is 263 cm³/mol. The van der Waals surface area contributed by atoms with Gasteiger partial charge in [0.1, 0.15) is 6.17 Å². The zero-order chi connectivity index (χ0) is 41.7. The standard InChI is InChI=1S/C59H40N4/c1-4-16-39(17-5-1)50-37-52(41-18-6-2-7-19-41)60-58-51(36-45-22-10-11-23-47(45)57(50)58)40-28-30-44(31-29-40)59-61-53(42-20-8-3-9-21-42)38-54(62-59)43-32-34-46(35-33-43)63-55-26-14-12-24-48(55)49-25-13-15-27-56(49)63/h1-38,59,61H. The number of hydrogen-bond acceptors (Lipinski definition) is 3. The summed E-state index contributed by atoms with van der Waals surface area (Å²) in [5, 5.41) is 9.81. The van der Waals surface area contributed by atoms with Gasteiger partial charge in [-0.1, -0.05) is 188 Å². The maximum Gasteiger partial charge on any atom is 0.145 e. The monoisotopic (exact) mass is 804 g/mol. The Kier molecular flexibility index (Phi) is 8.86. The van der Waals surface area contributed by atoms with Crippen LogP contribution in [0.2, 0.25) is 0 Å². The van der Waals surface area contributed by atoms with Crippen molar-refractivity contribution in [3.05, 3.63) is 247 Å². The summed E-state index contributed by atoms with van der Waals surface area (Å²) in [7, 11) is 0. The molecule has 0 bridgehead atoms. The Bertz CT molecular complexity index is 3500. The molecular formula is C59H40N4. The average Bonchev–Trinajstić information content (AvgIpc) is 3.71. The summed E-state index contributed by atoms with van der Waals surface area (Å²) in [6.07, 6.45) is 1.88. The Morgan fingerprint density at radius 2 is 0.968 bits per heavy atom. The third kappa shape index (κ3) is 6.48. The molecule has 4 heteroatoms. The smallest absolute Gasteiger partial charge is 0.145 e. The van der Waals surface area contributed by atoms with E-state index in [-0.39, 0.29) is 6.17 Å². The van der Waals surface area contributed by atoms with Crippen molar-refractivity contribution >= 4 is 54.9 Å². The van der Waals surface area contributed by atoms with Crippen LogP contribution in [0.4, 0.5) is 0 Å². The number of pyridine rings is 1. The third-order valence-corrected chi connectivity index (χ3v) is 12.4. The zero-order valence-electron chi connectivity index (χ0n) is 34.4. The lowest BCUT2D eigenvalue weighted by molar-refractivity contribution is 0.664. The summed E-state index contributed by atoms with van der Waals surface area (Å²) in [5.74, 6) is 0. The molecule has 3 heterocycles. The first-order chi connectivity index (χ1) is 31.2. The Balaban J connectivity index is 0.959. The molecule has 12 rings (SSSR count). The third-order valence-electron chi connectivity index (χ3n) is 12.4. The Morgan fingerprint density at radius 1 is 0.429 bits per heavy atom. The first kappa shape index (κ1) is 36.5. The maximum atomic E-state index is 5.47. The van der Waals surface area contributed by atoms with Crippen molar-refractivity contribution in [1.29, 1.82) is 0 Å². The molecule has 0 fully saturated rings. The second-order valence-corrected chi connectivity index (χ2v) is 16.2. The van der Waals surface area contributed by atoms with Gasteiger partial charge >= 0.3 is 0 Å². The van der Waals surface area contributed by atoms with Gasteiger partial charge in [-0.2, -0.15) is 0 Å². The summed E-state index contributed by atoms with van der Waals surface area (Å²) in [6, 6.07) is 80.0. The number of aliphatic imine (C=N–C) groups is 1. The molecule has 0 saturated carbocycles. The van der Waals surface area contributed by atoms with Crippen molar-refractivity contribution < 1.29 is 0 Å². The van der Waals surface area contributed by atoms with E-state index < -0.39 is 0 Å². The van der Waals surface area contributed by atoms with Gasteiger partial charge in [-0.3, -0.25) is 4.99 Å². The molecule has 1 N–H and O–H groups in total. The van der Waals surface area contributed by atoms with Crippen molar-refractivity contribution in [2.75, 3.05) is 0 Å². The fourth-order valence-corrected chi connectivity index (χ4v) is 9.37. The average molecular weight is 805 g/mol. The van der Waals surface area contributed by atoms with Gasteiger partial charge in [0.15, 0.2) is 0 Å². The molecule has 11 aromatic rings. The van der Waals surface area contributed by atoms with Crippen molar-refractivity contribution in [2.45, 2.75) is 6.17 Å². The molecule has 1 aliphatic heterocycles. The van der Waals surface area contributed by atoms with E-state index in [1.54, 1.807) is 0 Å². The van der Waals surface area contributed by atoms with Crippen molar-refractivity contribution in [1.82, 2.24) is 14.9 Å². The quantitative estimate of drug-likeness (QED) is 0.163. The van der Waals surface area contributed by atoms with Gasteiger partial charge in [-0.25, -0.2) is 4.98 Å². The first-order valence-electron chi connectivity index (χ1n) is 21.5. The van der Waals surface area contributed by atoms with Crippen LogP contribution in [0.15, 0.2) is 236 Å². The molecule has 0 spiro atoms. The molecule has 4 nitrogen and oxygen atoms in total. The van der Waals surface area contributed by atoms with E-state index in [9.17, 15) is 0 Å². The molecule has 2 aromatic heterocycles. The number of rotatable bonds is 7. The number of nitrogens with zero attached hydrogens (tertiary/aromatic N) is 3. The summed E-state index contributed by atoms with van der Waals surface area (Å²) in [5.41, 5.74) is 16.3. The van der Waals surface area contributed by atoms with Gasteiger partial charge < -0.3 is 9.88 Å². The Morgan fingerprint density at radius 3 is 1.63 bits per heavy atom. The lowest BCUT2D eigenvalue weighted by Gasteiger charge is -2.25. The number of aromatic nitrogens is 2. The summed E-state index contributed by atoms with van der Waals surface area (Å²) < 4.78 is 2.35. The van der Waals surface area contributed by atoms with Crippen LogP contribution >= 0.6 is 0 Å². The minimum absolute atomic E-state index is 0.299. The lowest BCUT2D eigenvalue weighted by Crippen LogP contribution is -2.24. The number of para-hydroxylation sites is 2. The molecule has 0 saturated heterocycles. The second kappa shape index (κ2) is 15.3. The van der Waals surface area contributed by atoms with Crippen LogP contribution < -0.4 is 5.32 Å². The minimum atomic E-state index is -0.299. The van der Waals surface area contributed by atoms with Crippen LogP contribution in [0.3, 0.4) is 0 Å². The largest absolute Gasteiger partial charge is 0.360 e. The van der Waals surface area contributed by atoms with E-state index in [0.29, 0.717) is 0 Å². The van der Waals surface area contributed by atoms with E-state index in [2.05, 4.69) is 240 Å². The molecule has 1 unspecified atom stereocenters. The van der Waals surface area contributed by atoms with Gasteiger partial charge in [0.05, 0.1) is 28.0 Å². The summed E-state index contributed by atoms with van der Waals surface area (Å²) in [4.78, 5) is 10.9. The molecular weight excluding hydrogens is 765 g/mol. The van der Waals surface area contributed by atoms with Crippen LogP contribution in [-0.2, 0) is 0 Å². The minimum Gasteiger partial charge on any atom is -0.360 e. The van der Waals surface area contributed by atoms with Gasteiger partial charge in [-0.05, 0) is 86.6 Å². The molecule has 0 radical (unpaired) electrons. The van der Waals surface area contributed by atoms with Crippen molar-refractivity contribution in [3.63, 3.8) is 0 Å². The topological polar surface area (TPSA) is 42.2 Å². The zero-order valence-corrected chi connectivity index (χ0v) is 34.4. The highest BCUT2D eigenvalue weighted by atomic mass is 15.1. The molecule has 0 aliphatic carbocycles. The number of allylic oxidation sites excluding steroid dienone is 1. The predicted octanol–water partition coefficient (Wildman–Crippen LogP) is 14.6. The van der Waals surface area contributed by atoms with E-state index >= 15 is 0 Å². The SMILES string of the molecule is C1=C(c2ccccc2)NC(c2ccc(-c3cc4ccccc4c4c(-c5ccccc5)cc(-c5ccccc5)nc34)cc2)N=C1c1ccc(-n2c3ccccc3c3ccccc32)cc1. The van der Waals surface area contributed by atoms with E-state index in [0.717, 1.165) is 67.1 Å². The van der Waals surface area contributed by atoms with Gasteiger partial charge in [0.2, 0.25) is 0 Å². The van der Waals surface area contributed by atoms with Gasteiger partial charge in [0.25, 0.3) is 0 Å². The normalized spacial score (nSPS) is 13.9. The van der Waals surface area contributed by atoms with Crippen molar-refractivity contribution in [3.8, 4) is 39.2 Å². The van der Waals surface area contributed by atoms with Crippen LogP contribution in [0.5, 0.6) is 0 Å². The fraction of sp³-hybridized carbons (Fsp3) is 0.0169. The molecule has 0 amide bonds. The molecule has 1 aliphatic rings. The fourth-order valence-electron chi connectivity index (χ4n) is 9.37. The number of nitrogens with one attached hydrogen (secondary N) is 1. The maximum absolute atomic E-state index is 5.47. The molecule has 1 atom stereocenters. The van der Waals surface area contributed by atoms with Crippen LogP contribution in [0.1, 0.15) is 22.9 Å². The van der Waals surface area contributed by atoms with Crippen LogP contribution in [-0.4, -0.2) is 15.3 Å². The highest BCUT2D eigenvalue weighted by Crippen LogP contribution is 2.42. The van der Waals surface area contributed by atoms with E-state index in [1.165, 1.54) is 43.7 Å². The Labute approximate surface area is 365 Å². The van der Waals surface area contributed by atoms with Crippen molar-refractivity contribution in [2.24, 2.45) is 4.99 Å². The first-order valence-corrected chi connectivity index (χ1v) is 21.5. The lowest BCUT2D eigenvalue weighted by atomic mass is 9.90. The van der Waals surface area contributed by atoms with Gasteiger partial charge in [-0.15, -0.1) is 0 Å². The molecule has 63 heavy (non-hydrogen) atoms. The molecule has 296 valence electrons. The number of hydrogen-bond donors (Lipinski definition) is 1. The molecule has 9 aromatic carbocycles. The Hall–Kier alpha value is -8.34. The van der Waals surface area contributed by atoms with Crippen LogP contribution in [0, 0.1) is 0 Å². The van der Waals surface area contributed by atoms with Gasteiger partial charge in [0, 0.05) is 38.7 Å². The van der Waals surface area contributed by atoms with E-state index in [4.69, 9.17) is 9.98 Å². The second-order valence-electron chi connectivity index (χ2n) is 16.2. The highest BCUT2D eigenvalue weighted by molar-refractivity contribution is 6.18. The summed E-state index contributed by atoms with van der Waals surface area (Å²) in [6.45, 7) is 0. The van der Waals surface area contributed by atoms with E-state index in [1.807, 2.05) is 0 Å². The number of benzene rings is 9.